The van der Waals surface area contributed by atoms with E-state index in [1.807, 2.05) is 6.92 Å². The summed E-state index contributed by atoms with van der Waals surface area (Å²) in [6.45, 7) is 12.7. The number of hydrogen-bond donors (Lipinski definition) is 1. The van der Waals surface area contributed by atoms with Crippen LogP contribution in [0.1, 0.15) is 27.2 Å². The number of nitrogens with zero attached hydrogens (tertiary/aromatic N) is 2. The molecule has 0 radical (unpaired) electrons. The fraction of sp³-hybridized carbons (Fsp3) is 0.917. The van der Waals surface area contributed by atoms with Gasteiger partial charge in [-0.15, -0.1) is 0 Å². The fourth-order valence-electron chi connectivity index (χ4n) is 1.98. The Morgan fingerprint density at radius 3 is 2.38 bits per heavy atom. The van der Waals surface area contributed by atoms with Gasteiger partial charge in [0.25, 0.3) is 0 Å². The van der Waals surface area contributed by atoms with Crippen LogP contribution in [0.4, 0.5) is 0 Å². The summed E-state index contributed by atoms with van der Waals surface area (Å²) in [6.07, 6.45) is 0.584. The summed E-state index contributed by atoms with van der Waals surface area (Å²) in [6, 6.07) is 0.655. The van der Waals surface area contributed by atoms with E-state index in [1.165, 1.54) is 0 Å². The molecule has 94 valence electrons. The molecule has 1 N–H and O–H groups in total. The first-order valence-electron chi connectivity index (χ1n) is 6.36. The lowest BCUT2D eigenvalue weighted by molar-refractivity contribution is -0.120. The molecule has 4 heteroatoms. The van der Waals surface area contributed by atoms with Crippen molar-refractivity contribution in [2.24, 2.45) is 0 Å². The lowest BCUT2D eigenvalue weighted by atomic mass is 10.2. The van der Waals surface area contributed by atoms with Crippen molar-refractivity contribution < 1.29 is 4.79 Å². The Morgan fingerprint density at radius 2 is 1.88 bits per heavy atom. The minimum absolute atomic E-state index is 0.154. The number of hydrogen-bond acceptors (Lipinski definition) is 3. The molecule has 0 spiro atoms. The molecule has 0 unspecified atom stereocenters. The van der Waals surface area contributed by atoms with Gasteiger partial charge in [0.1, 0.15) is 0 Å². The van der Waals surface area contributed by atoms with E-state index >= 15 is 0 Å². The van der Waals surface area contributed by atoms with E-state index in [9.17, 15) is 4.79 Å². The Hall–Kier alpha value is -0.610. The van der Waals surface area contributed by atoms with Gasteiger partial charge in [0.05, 0.1) is 0 Å². The van der Waals surface area contributed by atoms with Crippen LogP contribution in [0.5, 0.6) is 0 Å². The van der Waals surface area contributed by atoms with E-state index in [4.69, 9.17) is 0 Å². The van der Waals surface area contributed by atoms with E-state index in [0.717, 1.165) is 39.3 Å². The van der Waals surface area contributed by atoms with Gasteiger partial charge in [-0.25, -0.2) is 0 Å². The Morgan fingerprint density at radius 1 is 1.25 bits per heavy atom. The zero-order chi connectivity index (χ0) is 12.0. The molecule has 0 aliphatic carbocycles. The molecule has 4 nitrogen and oxygen atoms in total. The van der Waals surface area contributed by atoms with Gasteiger partial charge in [-0.2, -0.15) is 0 Å². The molecule has 1 fully saturated rings. The summed E-state index contributed by atoms with van der Waals surface area (Å²) in [4.78, 5) is 16.0. The summed E-state index contributed by atoms with van der Waals surface area (Å²) in [7, 11) is 0. The lowest BCUT2D eigenvalue weighted by Gasteiger charge is -2.36. The molecule has 1 rings (SSSR count). The zero-order valence-corrected chi connectivity index (χ0v) is 10.8. The third kappa shape index (κ3) is 4.49. The minimum atomic E-state index is 0.154. The lowest BCUT2D eigenvalue weighted by Crippen LogP contribution is -2.50. The van der Waals surface area contributed by atoms with E-state index in [-0.39, 0.29) is 5.91 Å². The van der Waals surface area contributed by atoms with E-state index in [2.05, 4.69) is 29.0 Å². The SMILES string of the molecule is CCC(=O)NCCN1CCN(C(C)C)CC1. The number of piperazine rings is 1. The highest BCUT2D eigenvalue weighted by molar-refractivity contribution is 5.75. The van der Waals surface area contributed by atoms with Gasteiger partial charge in [0.2, 0.25) is 5.91 Å². The Bertz CT molecular complexity index is 210. The third-order valence-corrected chi connectivity index (χ3v) is 3.21. The largest absolute Gasteiger partial charge is 0.355 e. The molecule has 1 heterocycles. The van der Waals surface area contributed by atoms with Crippen LogP contribution < -0.4 is 5.32 Å². The van der Waals surface area contributed by atoms with Gasteiger partial charge in [-0.05, 0) is 13.8 Å². The molecule has 0 saturated carbocycles. The standard InChI is InChI=1S/C12H25N3O/c1-4-12(16)13-5-6-14-7-9-15(10-8-14)11(2)3/h11H,4-10H2,1-3H3,(H,13,16). The maximum atomic E-state index is 11.1. The van der Waals surface area contributed by atoms with Gasteiger partial charge in [0, 0.05) is 51.7 Å². The average molecular weight is 227 g/mol. The number of rotatable bonds is 5. The van der Waals surface area contributed by atoms with Crippen LogP contribution in [0.2, 0.25) is 0 Å². The molecule has 0 aromatic carbocycles. The van der Waals surface area contributed by atoms with Crippen molar-refractivity contribution in [3.8, 4) is 0 Å². The van der Waals surface area contributed by atoms with Crippen molar-refractivity contribution in [3.63, 3.8) is 0 Å². The molecule has 1 aliphatic heterocycles. The van der Waals surface area contributed by atoms with Crippen LogP contribution in [-0.4, -0.2) is 61.0 Å². The van der Waals surface area contributed by atoms with Gasteiger partial charge in [-0.3, -0.25) is 14.6 Å². The van der Waals surface area contributed by atoms with E-state index in [0.29, 0.717) is 12.5 Å². The summed E-state index contributed by atoms with van der Waals surface area (Å²) in [5, 5.41) is 2.92. The minimum Gasteiger partial charge on any atom is -0.355 e. The summed E-state index contributed by atoms with van der Waals surface area (Å²) in [5.74, 6) is 0.154. The van der Waals surface area contributed by atoms with Crippen LogP contribution in [-0.2, 0) is 4.79 Å². The Kier molecular flexibility index (Phi) is 5.77. The summed E-state index contributed by atoms with van der Waals surface area (Å²) < 4.78 is 0. The second kappa shape index (κ2) is 6.86. The highest BCUT2D eigenvalue weighted by Gasteiger charge is 2.18. The first-order valence-corrected chi connectivity index (χ1v) is 6.36. The van der Waals surface area contributed by atoms with Crippen LogP contribution in [0.25, 0.3) is 0 Å². The molecule has 0 aromatic heterocycles. The Labute approximate surface area is 99.0 Å². The van der Waals surface area contributed by atoms with Crippen LogP contribution >= 0.6 is 0 Å². The zero-order valence-electron chi connectivity index (χ0n) is 10.8. The third-order valence-electron chi connectivity index (χ3n) is 3.21. The maximum Gasteiger partial charge on any atom is 0.219 e. The van der Waals surface area contributed by atoms with Crippen molar-refractivity contribution in [2.45, 2.75) is 33.2 Å². The predicted octanol–water partition coefficient (Wildman–Crippen LogP) is 0.539. The second-order valence-electron chi connectivity index (χ2n) is 4.67. The highest BCUT2D eigenvalue weighted by Crippen LogP contribution is 2.04. The molecule has 0 aromatic rings. The number of amides is 1. The van der Waals surface area contributed by atoms with E-state index in [1.54, 1.807) is 0 Å². The topological polar surface area (TPSA) is 35.6 Å². The molecule has 1 saturated heterocycles. The van der Waals surface area contributed by atoms with Crippen LogP contribution in [0.15, 0.2) is 0 Å². The quantitative estimate of drug-likeness (QED) is 0.744. The number of carbonyl (C=O) groups is 1. The van der Waals surface area contributed by atoms with Crippen molar-refractivity contribution in [1.29, 1.82) is 0 Å². The van der Waals surface area contributed by atoms with Crippen molar-refractivity contribution in [1.82, 2.24) is 15.1 Å². The molecule has 1 aliphatic rings. The van der Waals surface area contributed by atoms with Gasteiger partial charge in [0.15, 0.2) is 0 Å². The molecular weight excluding hydrogens is 202 g/mol. The second-order valence-corrected chi connectivity index (χ2v) is 4.67. The number of nitrogens with one attached hydrogen (secondary N) is 1. The van der Waals surface area contributed by atoms with Crippen molar-refractivity contribution in [2.75, 3.05) is 39.3 Å². The first-order chi connectivity index (χ1) is 7.63. The first kappa shape index (κ1) is 13.5. The smallest absolute Gasteiger partial charge is 0.219 e. The summed E-state index contributed by atoms with van der Waals surface area (Å²) in [5.41, 5.74) is 0. The molecule has 1 amide bonds. The van der Waals surface area contributed by atoms with Gasteiger partial charge in [-0.1, -0.05) is 6.92 Å². The Balaban J connectivity index is 2.10. The van der Waals surface area contributed by atoms with Crippen molar-refractivity contribution >= 4 is 5.91 Å². The molecule has 0 bridgehead atoms. The maximum absolute atomic E-state index is 11.1. The van der Waals surface area contributed by atoms with Gasteiger partial charge < -0.3 is 5.32 Å². The summed E-state index contributed by atoms with van der Waals surface area (Å²) >= 11 is 0. The molecule has 16 heavy (non-hydrogen) atoms. The highest BCUT2D eigenvalue weighted by atomic mass is 16.1. The monoisotopic (exact) mass is 227 g/mol. The predicted molar refractivity (Wildman–Crippen MR) is 66.4 cm³/mol. The van der Waals surface area contributed by atoms with Crippen LogP contribution in [0, 0.1) is 0 Å². The normalized spacial score (nSPS) is 19.0. The van der Waals surface area contributed by atoms with Crippen LogP contribution in [0.3, 0.4) is 0 Å². The van der Waals surface area contributed by atoms with Crippen molar-refractivity contribution in [3.05, 3.63) is 0 Å². The van der Waals surface area contributed by atoms with E-state index < -0.39 is 0 Å². The molecular formula is C12H25N3O. The number of carbonyl (C=O) groups excluding carboxylic acids is 1. The molecule has 0 atom stereocenters. The van der Waals surface area contributed by atoms with Gasteiger partial charge >= 0.3 is 0 Å². The average Bonchev–Trinajstić information content (AvgIpc) is 2.29. The fourth-order valence-corrected chi connectivity index (χ4v) is 1.98.